The van der Waals surface area contributed by atoms with Crippen molar-refractivity contribution in [3.63, 3.8) is 0 Å². The van der Waals surface area contributed by atoms with Gasteiger partial charge in [-0.15, -0.1) is 0 Å². The van der Waals surface area contributed by atoms with E-state index in [1.807, 2.05) is 24.3 Å². The fraction of sp³-hybridized carbons (Fsp3) is 0.533. The minimum Gasteiger partial charge on any atom is -0.381 e. The van der Waals surface area contributed by atoms with E-state index < -0.39 is 5.41 Å². The number of hydrogen-bond donors (Lipinski definition) is 2. The molecule has 0 bridgehead atoms. The molecule has 0 aromatic heterocycles. The maximum atomic E-state index is 12.7. The Balaban J connectivity index is 2.26. The third kappa shape index (κ3) is 3.14. The second kappa shape index (κ2) is 7.07. The lowest BCUT2D eigenvalue weighted by Crippen LogP contribution is -2.48. The summed E-state index contributed by atoms with van der Waals surface area (Å²) in [6, 6.07) is 7.58. The van der Waals surface area contributed by atoms with Gasteiger partial charge in [0.05, 0.1) is 5.41 Å². The van der Waals surface area contributed by atoms with Gasteiger partial charge < -0.3 is 15.8 Å². The van der Waals surface area contributed by atoms with E-state index >= 15 is 0 Å². The molecule has 110 valence electrons. The fourth-order valence-corrected chi connectivity index (χ4v) is 2.98. The Bertz CT molecular complexity index is 459. The molecule has 0 unspecified atom stereocenters. The van der Waals surface area contributed by atoms with Crippen LogP contribution in [0.5, 0.6) is 0 Å². The molecular weight excluding hydrogens is 276 g/mol. The van der Waals surface area contributed by atoms with E-state index in [4.69, 9.17) is 22.1 Å². The summed E-state index contributed by atoms with van der Waals surface area (Å²) < 4.78 is 5.42. The number of nitrogens with two attached hydrogens (primary N) is 1. The van der Waals surface area contributed by atoms with Gasteiger partial charge in [-0.25, -0.2) is 0 Å². The number of ether oxygens (including phenoxy) is 1. The van der Waals surface area contributed by atoms with Crippen LogP contribution in [0.4, 0.5) is 0 Å². The third-order valence-electron chi connectivity index (χ3n) is 3.84. The highest BCUT2D eigenvalue weighted by atomic mass is 35.5. The summed E-state index contributed by atoms with van der Waals surface area (Å²) in [4.78, 5) is 12.7. The number of halogens is 1. The molecule has 0 spiro atoms. The van der Waals surface area contributed by atoms with Crippen molar-refractivity contribution in [1.29, 1.82) is 0 Å². The van der Waals surface area contributed by atoms with E-state index in [1.54, 1.807) is 0 Å². The molecule has 1 heterocycles. The normalized spacial score (nSPS) is 17.7. The first kappa shape index (κ1) is 15.3. The first-order valence-electron chi connectivity index (χ1n) is 7.02. The Morgan fingerprint density at radius 1 is 1.35 bits per heavy atom. The van der Waals surface area contributed by atoms with Gasteiger partial charge in [-0.3, -0.25) is 4.79 Å². The predicted octanol–water partition coefficient (Wildman–Crippen LogP) is 1.85. The molecule has 20 heavy (non-hydrogen) atoms. The first-order valence-corrected chi connectivity index (χ1v) is 7.39. The van der Waals surface area contributed by atoms with Crippen molar-refractivity contribution in [1.82, 2.24) is 5.32 Å². The standard InChI is InChI=1S/C15H21ClN2O2/c16-13-5-2-1-4-12(13)15(6-10-20-11-7-15)14(19)18-9-3-8-17/h1-2,4-5H,3,6-11,17H2,(H,18,19). The van der Waals surface area contributed by atoms with Crippen molar-refractivity contribution >= 4 is 17.5 Å². The predicted molar refractivity (Wildman–Crippen MR) is 79.9 cm³/mol. The number of amides is 1. The summed E-state index contributed by atoms with van der Waals surface area (Å²) in [5.74, 6) is 0.0300. The Morgan fingerprint density at radius 2 is 2.05 bits per heavy atom. The molecule has 1 saturated heterocycles. The second-order valence-electron chi connectivity index (χ2n) is 5.07. The van der Waals surface area contributed by atoms with E-state index in [1.165, 1.54) is 0 Å². The molecule has 0 aliphatic carbocycles. The molecule has 4 nitrogen and oxygen atoms in total. The fourth-order valence-electron chi connectivity index (χ4n) is 2.66. The van der Waals surface area contributed by atoms with Crippen molar-refractivity contribution in [3.8, 4) is 0 Å². The average Bonchev–Trinajstić information content (AvgIpc) is 2.48. The van der Waals surface area contributed by atoms with Crippen LogP contribution in [0.2, 0.25) is 5.02 Å². The Hall–Kier alpha value is -1.10. The summed E-state index contributed by atoms with van der Waals surface area (Å²) in [7, 11) is 0. The highest BCUT2D eigenvalue weighted by Gasteiger charge is 2.42. The zero-order valence-electron chi connectivity index (χ0n) is 11.5. The molecule has 1 fully saturated rings. The van der Waals surface area contributed by atoms with Crippen LogP contribution in [0.3, 0.4) is 0 Å². The van der Waals surface area contributed by atoms with Crippen LogP contribution in [0, 0.1) is 0 Å². The van der Waals surface area contributed by atoms with Gasteiger partial charge >= 0.3 is 0 Å². The SMILES string of the molecule is NCCCNC(=O)C1(c2ccccc2Cl)CCOCC1. The molecule has 1 amide bonds. The number of carbonyl (C=O) groups is 1. The second-order valence-corrected chi connectivity index (χ2v) is 5.48. The van der Waals surface area contributed by atoms with Crippen LogP contribution in [0.15, 0.2) is 24.3 Å². The van der Waals surface area contributed by atoms with Crippen molar-refractivity contribution < 1.29 is 9.53 Å². The largest absolute Gasteiger partial charge is 0.381 e. The van der Waals surface area contributed by atoms with Crippen LogP contribution in [0.25, 0.3) is 0 Å². The van der Waals surface area contributed by atoms with E-state index in [-0.39, 0.29) is 5.91 Å². The van der Waals surface area contributed by atoms with Crippen LogP contribution in [0.1, 0.15) is 24.8 Å². The molecule has 0 radical (unpaired) electrons. The van der Waals surface area contributed by atoms with Crippen LogP contribution in [-0.4, -0.2) is 32.2 Å². The summed E-state index contributed by atoms with van der Waals surface area (Å²) in [6.45, 7) is 2.33. The Labute approximate surface area is 124 Å². The third-order valence-corrected chi connectivity index (χ3v) is 4.17. The molecular formula is C15H21ClN2O2. The van der Waals surface area contributed by atoms with Crippen molar-refractivity contribution in [2.24, 2.45) is 5.73 Å². The maximum Gasteiger partial charge on any atom is 0.230 e. The minimum absolute atomic E-state index is 0.0300. The van der Waals surface area contributed by atoms with Gasteiger partial charge in [-0.1, -0.05) is 29.8 Å². The lowest BCUT2D eigenvalue weighted by atomic mass is 9.73. The number of rotatable bonds is 5. The number of benzene rings is 1. The smallest absolute Gasteiger partial charge is 0.230 e. The molecule has 0 saturated carbocycles. The van der Waals surface area contributed by atoms with Crippen LogP contribution >= 0.6 is 11.6 Å². The maximum absolute atomic E-state index is 12.7. The monoisotopic (exact) mass is 296 g/mol. The van der Waals surface area contributed by atoms with Gasteiger partial charge in [0.2, 0.25) is 5.91 Å². The van der Waals surface area contributed by atoms with E-state index in [0.717, 1.165) is 12.0 Å². The molecule has 3 N–H and O–H groups in total. The minimum atomic E-state index is -0.578. The zero-order chi connectivity index (χ0) is 14.4. The van der Waals surface area contributed by atoms with Crippen molar-refractivity contribution in [2.75, 3.05) is 26.3 Å². The topological polar surface area (TPSA) is 64.3 Å². The molecule has 1 aromatic rings. The van der Waals surface area contributed by atoms with Crippen molar-refractivity contribution in [2.45, 2.75) is 24.7 Å². The van der Waals surface area contributed by atoms with Gasteiger partial charge in [0, 0.05) is 24.8 Å². The van der Waals surface area contributed by atoms with E-state index in [2.05, 4.69) is 5.32 Å². The first-order chi connectivity index (χ1) is 9.70. The van der Waals surface area contributed by atoms with Gasteiger partial charge in [0.1, 0.15) is 0 Å². The molecule has 1 aliphatic rings. The molecule has 1 aliphatic heterocycles. The molecule has 0 atom stereocenters. The van der Waals surface area contributed by atoms with Crippen molar-refractivity contribution in [3.05, 3.63) is 34.9 Å². The van der Waals surface area contributed by atoms with E-state index in [9.17, 15) is 4.79 Å². The molecule has 5 heteroatoms. The highest BCUT2D eigenvalue weighted by molar-refractivity contribution is 6.31. The van der Waals surface area contributed by atoms with Gasteiger partial charge in [0.25, 0.3) is 0 Å². The zero-order valence-corrected chi connectivity index (χ0v) is 12.3. The lowest BCUT2D eigenvalue weighted by Gasteiger charge is -2.36. The van der Waals surface area contributed by atoms with Crippen LogP contribution in [-0.2, 0) is 14.9 Å². The average molecular weight is 297 g/mol. The summed E-state index contributed by atoms with van der Waals surface area (Å²) in [6.07, 6.45) is 2.09. The highest BCUT2D eigenvalue weighted by Crippen LogP contribution is 2.38. The molecule has 1 aromatic carbocycles. The number of carbonyl (C=O) groups excluding carboxylic acids is 1. The quantitative estimate of drug-likeness (QED) is 0.815. The summed E-state index contributed by atoms with van der Waals surface area (Å²) in [5, 5.41) is 3.63. The lowest BCUT2D eigenvalue weighted by molar-refractivity contribution is -0.130. The Morgan fingerprint density at radius 3 is 2.70 bits per heavy atom. The van der Waals surface area contributed by atoms with Gasteiger partial charge in [-0.2, -0.15) is 0 Å². The van der Waals surface area contributed by atoms with E-state index in [0.29, 0.717) is 44.2 Å². The van der Waals surface area contributed by atoms with Crippen LogP contribution < -0.4 is 11.1 Å². The Kier molecular flexibility index (Phi) is 5.40. The molecule has 2 rings (SSSR count). The van der Waals surface area contributed by atoms with Gasteiger partial charge in [-0.05, 0) is 37.4 Å². The number of nitrogens with one attached hydrogen (secondary N) is 1. The number of hydrogen-bond acceptors (Lipinski definition) is 3. The summed E-state index contributed by atoms with van der Waals surface area (Å²) >= 11 is 6.31. The van der Waals surface area contributed by atoms with Gasteiger partial charge in [0.15, 0.2) is 0 Å². The summed E-state index contributed by atoms with van der Waals surface area (Å²) in [5.41, 5.74) is 5.79.